The lowest BCUT2D eigenvalue weighted by Gasteiger charge is -2.30. The van der Waals surface area contributed by atoms with E-state index in [4.69, 9.17) is 9.47 Å². The highest BCUT2D eigenvalue weighted by molar-refractivity contribution is 6.02. The molecular weight excluding hydrogens is 372 g/mol. The molecule has 0 N–H and O–H groups in total. The molecule has 7 nitrogen and oxygen atoms in total. The van der Waals surface area contributed by atoms with Crippen molar-refractivity contribution in [1.82, 2.24) is 0 Å². The van der Waals surface area contributed by atoms with Crippen LogP contribution in [0.25, 0.3) is 0 Å². The Labute approximate surface area is 168 Å². The number of esters is 1. The molecule has 0 unspecified atom stereocenters. The molecule has 0 radical (unpaired) electrons. The average Bonchev–Trinajstić information content (AvgIpc) is 2.74. The van der Waals surface area contributed by atoms with Gasteiger partial charge in [-0.15, -0.1) is 0 Å². The summed E-state index contributed by atoms with van der Waals surface area (Å²) in [5, 5.41) is 9.31. The summed E-state index contributed by atoms with van der Waals surface area (Å²) < 4.78 is 10.3. The van der Waals surface area contributed by atoms with Crippen molar-refractivity contribution in [2.75, 3.05) is 18.1 Å². The largest absolute Gasteiger partial charge is 0.482 e. The predicted octanol–water partition coefficient (Wildman–Crippen LogP) is 3.01. The van der Waals surface area contributed by atoms with Crippen molar-refractivity contribution < 1.29 is 23.9 Å². The summed E-state index contributed by atoms with van der Waals surface area (Å²) in [5.41, 5.74) is 2.03. The van der Waals surface area contributed by atoms with Crippen molar-refractivity contribution >= 4 is 23.3 Å². The Morgan fingerprint density at radius 3 is 2.76 bits per heavy atom. The number of anilines is 1. The SMILES string of the molecule is CCOC(=O)CCC(=O)c1ccc2c(c1)N(Cc1ccccc1C#N)C(=O)CO2. The van der Waals surface area contributed by atoms with Crippen LogP contribution in [0.5, 0.6) is 5.75 Å². The van der Waals surface area contributed by atoms with E-state index in [1.807, 2.05) is 0 Å². The van der Waals surface area contributed by atoms with Crippen LogP contribution in [0.2, 0.25) is 0 Å². The summed E-state index contributed by atoms with van der Waals surface area (Å²) in [7, 11) is 0. The van der Waals surface area contributed by atoms with Gasteiger partial charge in [-0.05, 0) is 36.8 Å². The summed E-state index contributed by atoms with van der Waals surface area (Å²) in [6.45, 7) is 2.06. The number of Topliss-reactive ketones (excluding diaryl/α,β-unsaturated/α-hetero) is 1. The molecule has 0 aromatic heterocycles. The minimum absolute atomic E-state index is 0.00154. The van der Waals surface area contributed by atoms with E-state index >= 15 is 0 Å². The number of ether oxygens (including phenoxy) is 2. The Morgan fingerprint density at radius 1 is 1.21 bits per heavy atom. The number of hydrogen-bond donors (Lipinski definition) is 0. The van der Waals surface area contributed by atoms with Gasteiger partial charge in [0, 0.05) is 12.0 Å². The van der Waals surface area contributed by atoms with E-state index in [9.17, 15) is 19.6 Å². The number of nitriles is 1. The highest BCUT2D eigenvalue weighted by Crippen LogP contribution is 2.34. The molecule has 1 aliphatic heterocycles. The van der Waals surface area contributed by atoms with Crippen LogP contribution in [0.3, 0.4) is 0 Å². The summed E-state index contributed by atoms with van der Waals surface area (Å²) in [5.74, 6) is -0.425. The molecule has 0 saturated heterocycles. The van der Waals surface area contributed by atoms with Gasteiger partial charge in [0.2, 0.25) is 0 Å². The molecule has 0 atom stereocenters. The summed E-state index contributed by atoms with van der Waals surface area (Å²) in [4.78, 5) is 38.0. The molecule has 1 amide bonds. The van der Waals surface area contributed by atoms with Gasteiger partial charge in [0.05, 0.1) is 36.9 Å². The molecule has 148 valence electrons. The van der Waals surface area contributed by atoms with Crippen molar-refractivity contribution in [3.63, 3.8) is 0 Å². The second kappa shape index (κ2) is 9.02. The molecule has 0 spiro atoms. The van der Waals surface area contributed by atoms with E-state index in [1.165, 1.54) is 4.90 Å². The van der Waals surface area contributed by atoms with Crippen LogP contribution in [0.1, 0.15) is 41.3 Å². The lowest BCUT2D eigenvalue weighted by Crippen LogP contribution is -2.38. The second-order valence-electron chi connectivity index (χ2n) is 6.45. The molecule has 0 bridgehead atoms. The Morgan fingerprint density at radius 2 is 2.00 bits per heavy atom. The van der Waals surface area contributed by atoms with E-state index in [-0.39, 0.29) is 44.3 Å². The lowest BCUT2D eigenvalue weighted by molar-refractivity contribution is -0.143. The van der Waals surface area contributed by atoms with E-state index in [0.29, 0.717) is 28.1 Å². The highest BCUT2D eigenvalue weighted by Gasteiger charge is 2.27. The highest BCUT2D eigenvalue weighted by atomic mass is 16.5. The minimum atomic E-state index is -0.424. The van der Waals surface area contributed by atoms with Crippen molar-refractivity contribution in [2.45, 2.75) is 26.3 Å². The monoisotopic (exact) mass is 392 g/mol. The van der Waals surface area contributed by atoms with Crippen LogP contribution < -0.4 is 9.64 Å². The van der Waals surface area contributed by atoms with Crippen molar-refractivity contribution in [3.05, 3.63) is 59.2 Å². The van der Waals surface area contributed by atoms with E-state index < -0.39 is 5.97 Å². The fourth-order valence-corrected chi connectivity index (χ4v) is 3.08. The Hall–Kier alpha value is -3.66. The van der Waals surface area contributed by atoms with E-state index in [1.54, 1.807) is 49.4 Å². The number of benzene rings is 2. The van der Waals surface area contributed by atoms with E-state index in [0.717, 1.165) is 0 Å². The van der Waals surface area contributed by atoms with Crippen LogP contribution in [0.4, 0.5) is 5.69 Å². The number of rotatable bonds is 7. The zero-order chi connectivity index (χ0) is 20.8. The molecule has 29 heavy (non-hydrogen) atoms. The fourth-order valence-electron chi connectivity index (χ4n) is 3.08. The number of carbonyl (C=O) groups is 3. The molecule has 2 aromatic rings. The first-order valence-corrected chi connectivity index (χ1v) is 9.27. The van der Waals surface area contributed by atoms with Gasteiger partial charge in [0.25, 0.3) is 5.91 Å². The number of hydrogen-bond acceptors (Lipinski definition) is 6. The third-order valence-corrected chi connectivity index (χ3v) is 4.55. The zero-order valence-electron chi connectivity index (χ0n) is 16.0. The first-order valence-electron chi connectivity index (χ1n) is 9.27. The second-order valence-corrected chi connectivity index (χ2v) is 6.45. The maximum atomic E-state index is 12.5. The number of amides is 1. The van der Waals surface area contributed by atoms with E-state index in [2.05, 4.69) is 6.07 Å². The molecule has 3 rings (SSSR count). The summed E-state index contributed by atoms with van der Waals surface area (Å²) >= 11 is 0. The van der Waals surface area contributed by atoms with Gasteiger partial charge in [-0.25, -0.2) is 0 Å². The Kier molecular flexibility index (Phi) is 6.25. The zero-order valence-corrected chi connectivity index (χ0v) is 16.0. The predicted molar refractivity (Wildman–Crippen MR) is 104 cm³/mol. The molecule has 0 fully saturated rings. The Balaban J connectivity index is 1.85. The van der Waals surface area contributed by atoms with Gasteiger partial charge in [-0.3, -0.25) is 14.4 Å². The van der Waals surface area contributed by atoms with Crippen LogP contribution in [0, 0.1) is 11.3 Å². The maximum absolute atomic E-state index is 12.5. The van der Waals surface area contributed by atoms with Crippen molar-refractivity contribution in [2.24, 2.45) is 0 Å². The molecule has 7 heteroatoms. The quantitative estimate of drug-likeness (QED) is 0.531. The first kappa shape index (κ1) is 20.1. The number of nitrogens with zero attached hydrogens (tertiary/aromatic N) is 2. The van der Waals surface area contributed by atoms with Gasteiger partial charge in [0.15, 0.2) is 12.4 Å². The van der Waals surface area contributed by atoms with Gasteiger partial charge >= 0.3 is 5.97 Å². The number of fused-ring (bicyclic) bond motifs is 1. The molecule has 1 aliphatic rings. The summed E-state index contributed by atoms with van der Waals surface area (Å²) in [6, 6.07) is 14.0. The van der Waals surface area contributed by atoms with Crippen LogP contribution in [-0.4, -0.2) is 30.9 Å². The maximum Gasteiger partial charge on any atom is 0.306 e. The Bertz CT molecular complexity index is 993. The van der Waals surface area contributed by atoms with Crippen LogP contribution >= 0.6 is 0 Å². The third-order valence-electron chi connectivity index (χ3n) is 4.55. The normalized spacial score (nSPS) is 12.6. The van der Waals surface area contributed by atoms with Crippen LogP contribution in [-0.2, 0) is 20.9 Å². The molecule has 2 aromatic carbocycles. The first-order chi connectivity index (χ1) is 14.0. The minimum Gasteiger partial charge on any atom is -0.482 e. The number of ketones is 1. The van der Waals surface area contributed by atoms with Gasteiger partial charge < -0.3 is 14.4 Å². The lowest BCUT2D eigenvalue weighted by atomic mass is 10.0. The van der Waals surface area contributed by atoms with Crippen molar-refractivity contribution in [3.8, 4) is 11.8 Å². The molecule has 1 heterocycles. The number of carbonyl (C=O) groups excluding carboxylic acids is 3. The van der Waals surface area contributed by atoms with Gasteiger partial charge in [0.1, 0.15) is 5.75 Å². The molecule has 0 aliphatic carbocycles. The fraction of sp³-hybridized carbons (Fsp3) is 0.273. The molecule has 0 saturated carbocycles. The smallest absolute Gasteiger partial charge is 0.306 e. The van der Waals surface area contributed by atoms with Gasteiger partial charge in [-0.2, -0.15) is 5.26 Å². The third kappa shape index (κ3) is 4.61. The van der Waals surface area contributed by atoms with Crippen LogP contribution in [0.15, 0.2) is 42.5 Å². The average molecular weight is 392 g/mol. The standard InChI is InChI=1S/C22H20N2O5/c1-2-28-22(27)10-8-19(25)15-7-9-20-18(11-15)24(21(26)14-29-20)13-17-6-4-3-5-16(17)12-23/h3-7,9,11H,2,8,10,13-14H2,1H3. The topological polar surface area (TPSA) is 96.7 Å². The molecular formula is C22H20N2O5. The summed E-state index contributed by atoms with van der Waals surface area (Å²) in [6.07, 6.45) is 0.0160. The van der Waals surface area contributed by atoms with Crippen molar-refractivity contribution in [1.29, 1.82) is 5.26 Å². The van der Waals surface area contributed by atoms with Gasteiger partial charge in [-0.1, -0.05) is 18.2 Å².